The van der Waals surface area contributed by atoms with Crippen molar-refractivity contribution in [2.24, 2.45) is 0 Å². The van der Waals surface area contributed by atoms with Crippen molar-refractivity contribution < 1.29 is 4.79 Å². The van der Waals surface area contributed by atoms with Gasteiger partial charge in [-0.05, 0) is 23.5 Å². The van der Waals surface area contributed by atoms with E-state index in [0.29, 0.717) is 0 Å². The third-order valence-corrected chi connectivity index (χ3v) is 3.17. The number of anilines is 1. The quantitative estimate of drug-likeness (QED) is 0.792. The predicted molar refractivity (Wildman–Crippen MR) is 73.7 cm³/mol. The molecule has 0 fully saturated rings. The summed E-state index contributed by atoms with van der Waals surface area (Å²) in [7, 11) is 0. The van der Waals surface area contributed by atoms with E-state index in [4.69, 9.17) is 11.6 Å². The highest BCUT2D eigenvalue weighted by Gasteiger charge is 2.22. The highest BCUT2D eigenvalue weighted by Crippen LogP contribution is 2.33. The van der Waals surface area contributed by atoms with E-state index in [9.17, 15) is 4.79 Å². The van der Waals surface area contributed by atoms with Gasteiger partial charge in [-0.1, -0.05) is 45.4 Å². The van der Waals surface area contributed by atoms with Crippen LogP contribution in [0.25, 0.3) is 0 Å². The Hall–Kier alpha value is -1.02. The molecule has 0 radical (unpaired) electrons. The molecule has 0 spiro atoms. The van der Waals surface area contributed by atoms with Crippen molar-refractivity contribution in [3.8, 4) is 0 Å². The average molecular weight is 254 g/mol. The molecular formula is C14H20ClNO. The monoisotopic (exact) mass is 253 g/mol. The van der Waals surface area contributed by atoms with E-state index >= 15 is 0 Å². The maximum atomic E-state index is 11.4. The van der Waals surface area contributed by atoms with Crippen LogP contribution < -0.4 is 5.32 Å². The van der Waals surface area contributed by atoms with Gasteiger partial charge in [0.2, 0.25) is 5.91 Å². The Morgan fingerprint density at radius 3 is 2.59 bits per heavy atom. The maximum absolute atomic E-state index is 11.4. The summed E-state index contributed by atoms with van der Waals surface area (Å²) in [5.41, 5.74) is 2.10. The number of para-hydroxylation sites is 1. The van der Waals surface area contributed by atoms with Gasteiger partial charge >= 0.3 is 0 Å². The van der Waals surface area contributed by atoms with Crippen LogP contribution in [0.2, 0.25) is 0 Å². The minimum atomic E-state index is -0.161. The normalized spacial score (nSPS) is 11.3. The van der Waals surface area contributed by atoms with Crippen LogP contribution in [0, 0.1) is 0 Å². The smallest absolute Gasteiger partial charge is 0.239 e. The molecule has 1 N–H and O–H groups in total. The van der Waals surface area contributed by atoms with Crippen molar-refractivity contribution in [1.29, 1.82) is 0 Å². The standard InChI is InChI=1S/C14H20ClNO/c1-4-9-14(2,3)11-7-5-6-8-12(11)16-13(17)10-15/h5-8H,4,9-10H2,1-3H3,(H,16,17). The summed E-state index contributed by atoms with van der Waals surface area (Å²) in [4.78, 5) is 11.4. The van der Waals surface area contributed by atoms with Gasteiger partial charge in [0.1, 0.15) is 5.88 Å². The van der Waals surface area contributed by atoms with Crippen molar-refractivity contribution in [1.82, 2.24) is 0 Å². The molecule has 0 saturated carbocycles. The van der Waals surface area contributed by atoms with E-state index in [1.54, 1.807) is 0 Å². The van der Waals surface area contributed by atoms with Crippen molar-refractivity contribution in [2.75, 3.05) is 11.2 Å². The molecular weight excluding hydrogens is 234 g/mol. The van der Waals surface area contributed by atoms with Gasteiger partial charge in [-0.2, -0.15) is 0 Å². The summed E-state index contributed by atoms with van der Waals surface area (Å²) < 4.78 is 0. The lowest BCUT2D eigenvalue weighted by Crippen LogP contribution is -2.21. The van der Waals surface area contributed by atoms with Crippen LogP contribution in [0.5, 0.6) is 0 Å². The molecule has 1 aromatic rings. The Bertz CT molecular complexity index is 388. The molecule has 3 heteroatoms. The van der Waals surface area contributed by atoms with Gasteiger partial charge in [0.05, 0.1) is 0 Å². The van der Waals surface area contributed by atoms with Gasteiger partial charge in [-0.25, -0.2) is 0 Å². The second-order valence-corrected chi connectivity index (χ2v) is 5.13. The van der Waals surface area contributed by atoms with Crippen LogP contribution in [-0.2, 0) is 10.2 Å². The Balaban J connectivity index is 3.02. The van der Waals surface area contributed by atoms with Crippen molar-refractivity contribution in [2.45, 2.75) is 39.0 Å². The van der Waals surface area contributed by atoms with Gasteiger partial charge < -0.3 is 5.32 Å². The summed E-state index contributed by atoms with van der Waals surface area (Å²) in [5, 5.41) is 2.85. The van der Waals surface area contributed by atoms with Crippen molar-refractivity contribution in [3.63, 3.8) is 0 Å². The molecule has 0 aliphatic carbocycles. The first-order chi connectivity index (χ1) is 8.01. The van der Waals surface area contributed by atoms with E-state index in [-0.39, 0.29) is 17.2 Å². The summed E-state index contributed by atoms with van der Waals surface area (Å²) in [6, 6.07) is 7.93. The lowest BCUT2D eigenvalue weighted by Gasteiger charge is -2.27. The van der Waals surface area contributed by atoms with Crippen molar-refractivity contribution in [3.05, 3.63) is 29.8 Å². The Morgan fingerprint density at radius 1 is 1.35 bits per heavy atom. The number of carbonyl (C=O) groups is 1. The number of amides is 1. The van der Waals surface area contributed by atoms with Gasteiger partial charge in [0.25, 0.3) is 0 Å². The summed E-state index contributed by atoms with van der Waals surface area (Å²) in [6.45, 7) is 6.56. The molecule has 17 heavy (non-hydrogen) atoms. The van der Waals surface area contributed by atoms with E-state index in [0.717, 1.165) is 18.5 Å². The molecule has 1 aromatic carbocycles. The topological polar surface area (TPSA) is 29.1 Å². The van der Waals surface area contributed by atoms with E-state index in [1.165, 1.54) is 5.56 Å². The Morgan fingerprint density at radius 2 is 2.00 bits per heavy atom. The Kier molecular flexibility index (Phi) is 5.01. The zero-order chi connectivity index (χ0) is 12.9. The zero-order valence-corrected chi connectivity index (χ0v) is 11.5. The highest BCUT2D eigenvalue weighted by atomic mass is 35.5. The first-order valence-electron chi connectivity index (χ1n) is 5.96. The van der Waals surface area contributed by atoms with E-state index < -0.39 is 0 Å². The molecule has 0 atom stereocenters. The van der Waals surface area contributed by atoms with Crippen LogP contribution in [-0.4, -0.2) is 11.8 Å². The minimum absolute atomic E-state index is 0.0114. The van der Waals surface area contributed by atoms with Crippen molar-refractivity contribution >= 4 is 23.2 Å². The molecule has 2 nitrogen and oxygen atoms in total. The minimum Gasteiger partial charge on any atom is -0.325 e. The van der Waals surface area contributed by atoms with Crippen LogP contribution in [0.15, 0.2) is 24.3 Å². The summed E-state index contributed by atoms with van der Waals surface area (Å²) in [6.07, 6.45) is 2.20. The van der Waals surface area contributed by atoms with Gasteiger partial charge in [0, 0.05) is 5.69 Å². The van der Waals surface area contributed by atoms with Gasteiger partial charge in [-0.15, -0.1) is 11.6 Å². The maximum Gasteiger partial charge on any atom is 0.239 e. The fraction of sp³-hybridized carbons (Fsp3) is 0.500. The Labute approximate surface area is 108 Å². The average Bonchev–Trinajstić information content (AvgIpc) is 2.29. The second kappa shape index (κ2) is 6.06. The van der Waals surface area contributed by atoms with Crippen LogP contribution in [0.3, 0.4) is 0 Å². The third-order valence-electron chi connectivity index (χ3n) is 2.93. The summed E-state index contributed by atoms with van der Waals surface area (Å²) in [5.74, 6) is -0.172. The molecule has 94 valence electrons. The third kappa shape index (κ3) is 3.74. The molecule has 0 unspecified atom stereocenters. The summed E-state index contributed by atoms with van der Waals surface area (Å²) >= 11 is 5.52. The number of hydrogen-bond acceptors (Lipinski definition) is 1. The number of alkyl halides is 1. The fourth-order valence-corrected chi connectivity index (χ4v) is 2.19. The second-order valence-electron chi connectivity index (χ2n) is 4.86. The van der Waals surface area contributed by atoms with Crippen LogP contribution >= 0.6 is 11.6 Å². The molecule has 0 aliphatic rings. The number of halogens is 1. The molecule has 0 aromatic heterocycles. The number of benzene rings is 1. The number of hydrogen-bond donors (Lipinski definition) is 1. The van der Waals surface area contributed by atoms with E-state index in [2.05, 4.69) is 32.2 Å². The van der Waals surface area contributed by atoms with Gasteiger partial charge in [-0.3, -0.25) is 4.79 Å². The van der Waals surface area contributed by atoms with E-state index in [1.807, 2.05) is 18.2 Å². The lowest BCUT2D eigenvalue weighted by molar-refractivity contribution is -0.113. The predicted octanol–water partition coefficient (Wildman–Crippen LogP) is 3.94. The van der Waals surface area contributed by atoms with Gasteiger partial charge in [0.15, 0.2) is 0 Å². The number of carbonyl (C=O) groups excluding carboxylic acids is 1. The number of rotatable bonds is 5. The first-order valence-corrected chi connectivity index (χ1v) is 6.50. The molecule has 0 aliphatic heterocycles. The number of nitrogens with one attached hydrogen (secondary N) is 1. The molecule has 0 saturated heterocycles. The SMILES string of the molecule is CCCC(C)(C)c1ccccc1NC(=O)CCl. The highest BCUT2D eigenvalue weighted by molar-refractivity contribution is 6.29. The largest absolute Gasteiger partial charge is 0.325 e. The first kappa shape index (κ1) is 14.0. The molecule has 1 rings (SSSR count). The van der Waals surface area contributed by atoms with Crippen LogP contribution in [0.4, 0.5) is 5.69 Å². The molecule has 0 bridgehead atoms. The zero-order valence-electron chi connectivity index (χ0n) is 10.7. The molecule has 0 heterocycles. The van der Waals surface area contributed by atoms with Crippen LogP contribution in [0.1, 0.15) is 39.2 Å². The molecule has 1 amide bonds. The lowest BCUT2D eigenvalue weighted by atomic mass is 9.80. The fourth-order valence-electron chi connectivity index (χ4n) is 2.13.